The summed E-state index contributed by atoms with van der Waals surface area (Å²) in [5.41, 5.74) is 1.79. The molecule has 0 saturated heterocycles. The second-order valence-corrected chi connectivity index (χ2v) is 4.57. The zero-order valence-corrected chi connectivity index (χ0v) is 10.4. The molecule has 17 heavy (non-hydrogen) atoms. The van der Waals surface area contributed by atoms with Gasteiger partial charge in [-0.05, 0) is 24.5 Å². The van der Waals surface area contributed by atoms with Gasteiger partial charge in [0.15, 0.2) is 6.23 Å². The van der Waals surface area contributed by atoms with Crippen LogP contribution in [-0.4, -0.2) is 11.4 Å². The lowest BCUT2D eigenvalue weighted by atomic mass is 10.2. The topological polar surface area (TPSA) is 32.3 Å². The summed E-state index contributed by atoms with van der Waals surface area (Å²) in [6, 6.07) is 17.6. The molecule has 0 aliphatic heterocycles. The highest BCUT2D eigenvalue weighted by Crippen LogP contribution is 2.22. The number of nitrogens with one attached hydrogen (secondary N) is 1. The van der Waals surface area contributed by atoms with E-state index < -0.39 is 6.23 Å². The van der Waals surface area contributed by atoms with Crippen LogP contribution in [0.4, 0.5) is 5.69 Å². The molecule has 0 saturated carbocycles. The van der Waals surface area contributed by atoms with Gasteiger partial charge in [0.25, 0.3) is 0 Å². The van der Waals surface area contributed by atoms with Crippen LogP contribution in [0.15, 0.2) is 59.5 Å². The molecule has 0 spiro atoms. The molecule has 0 amide bonds. The van der Waals surface area contributed by atoms with Crippen molar-refractivity contribution >= 4 is 17.4 Å². The molecule has 0 aliphatic carbocycles. The van der Waals surface area contributed by atoms with E-state index in [0.717, 1.165) is 11.3 Å². The molecule has 1 unspecified atom stereocenters. The van der Waals surface area contributed by atoms with E-state index >= 15 is 0 Å². The molecular formula is C14H15NOS. The minimum Gasteiger partial charge on any atom is -0.369 e. The van der Waals surface area contributed by atoms with Crippen molar-refractivity contribution in [3.63, 3.8) is 0 Å². The van der Waals surface area contributed by atoms with Crippen molar-refractivity contribution < 1.29 is 5.11 Å². The van der Waals surface area contributed by atoms with Gasteiger partial charge in [-0.3, -0.25) is 0 Å². The van der Waals surface area contributed by atoms with Gasteiger partial charge in [0, 0.05) is 16.1 Å². The highest BCUT2D eigenvalue weighted by Gasteiger charge is 2.06. The number of aliphatic hydroxyl groups is 1. The number of thioether (sulfide) groups is 1. The second kappa shape index (κ2) is 5.75. The summed E-state index contributed by atoms with van der Waals surface area (Å²) in [6.45, 7) is 0. The van der Waals surface area contributed by atoms with Crippen molar-refractivity contribution in [2.24, 2.45) is 0 Å². The Kier molecular flexibility index (Phi) is 4.07. The Bertz CT molecular complexity index is 473. The molecule has 1 atom stereocenters. The number of rotatable bonds is 4. The van der Waals surface area contributed by atoms with Gasteiger partial charge in [-0.15, -0.1) is 11.8 Å². The molecule has 88 valence electrons. The number of anilines is 1. The van der Waals surface area contributed by atoms with Gasteiger partial charge in [0.2, 0.25) is 0 Å². The van der Waals surface area contributed by atoms with Crippen molar-refractivity contribution in [1.29, 1.82) is 0 Å². The summed E-state index contributed by atoms with van der Waals surface area (Å²) in [7, 11) is 0. The molecule has 0 fully saturated rings. The molecule has 2 rings (SSSR count). The molecule has 0 aromatic heterocycles. The number of benzene rings is 2. The van der Waals surface area contributed by atoms with Crippen LogP contribution in [0.1, 0.15) is 11.8 Å². The first-order valence-electron chi connectivity index (χ1n) is 5.43. The summed E-state index contributed by atoms with van der Waals surface area (Å²) in [5, 5.41) is 13.1. The first kappa shape index (κ1) is 12.0. The Labute approximate surface area is 106 Å². The Hall–Kier alpha value is -1.45. The third-order valence-electron chi connectivity index (χ3n) is 2.49. The number of aliphatic hydroxyl groups excluding tert-OH is 1. The van der Waals surface area contributed by atoms with E-state index in [2.05, 4.69) is 5.32 Å². The van der Waals surface area contributed by atoms with Crippen molar-refractivity contribution in [3.05, 3.63) is 60.2 Å². The van der Waals surface area contributed by atoms with Gasteiger partial charge in [0.1, 0.15) is 0 Å². The van der Waals surface area contributed by atoms with Crippen LogP contribution in [0.3, 0.4) is 0 Å². The molecule has 0 radical (unpaired) electrons. The molecule has 2 N–H and O–H groups in total. The van der Waals surface area contributed by atoms with Gasteiger partial charge in [0.05, 0.1) is 0 Å². The number of hydrogen-bond donors (Lipinski definition) is 2. The third kappa shape index (κ3) is 3.25. The fourth-order valence-corrected chi connectivity index (χ4v) is 2.05. The minimum atomic E-state index is -0.673. The van der Waals surface area contributed by atoms with Crippen LogP contribution in [0.25, 0.3) is 0 Å². The second-order valence-electron chi connectivity index (χ2n) is 3.69. The molecular weight excluding hydrogens is 230 g/mol. The van der Waals surface area contributed by atoms with Crippen LogP contribution in [-0.2, 0) is 0 Å². The molecule has 2 aromatic carbocycles. The summed E-state index contributed by atoms with van der Waals surface area (Å²) in [4.78, 5) is 1.18. The fraction of sp³-hybridized carbons (Fsp3) is 0.143. The summed E-state index contributed by atoms with van der Waals surface area (Å²) in [5.74, 6) is 0. The van der Waals surface area contributed by atoms with E-state index in [4.69, 9.17) is 0 Å². The lowest BCUT2D eigenvalue weighted by Gasteiger charge is -2.14. The highest BCUT2D eigenvalue weighted by molar-refractivity contribution is 7.98. The standard InChI is InChI=1S/C14H15NOS/c1-17-13-9-5-8-12(10-13)15-14(16)11-6-3-2-4-7-11/h2-10,14-16H,1H3. The maximum atomic E-state index is 10.0. The summed E-state index contributed by atoms with van der Waals surface area (Å²) in [6.07, 6.45) is 1.36. The first-order chi connectivity index (χ1) is 8.29. The maximum Gasteiger partial charge on any atom is 0.150 e. The Morgan fingerprint density at radius 1 is 1.06 bits per heavy atom. The predicted octanol–water partition coefficient (Wildman–Crippen LogP) is 3.51. The Balaban J connectivity index is 2.10. The first-order valence-corrected chi connectivity index (χ1v) is 6.65. The molecule has 2 aromatic rings. The molecule has 0 heterocycles. The highest BCUT2D eigenvalue weighted by atomic mass is 32.2. The van der Waals surface area contributed by atoms with E-state index in [-0.39, 0.29) is 0 Å². The smallest absolute Gasteiger partial charge is 0.150 e. The maximum absolute atomic E-state index is 10.0. The van der Waals surface area contributed by atoms with Gasteiger partial charge in [-0.25, -0.2) is 0 Å². The Morgan fingerprint density at radius 3 is 2.53 bits per heavy atom. The third-order valence-corrected chi connectivity index (χ3v) is 3.21. The minimum absolute atomic E-state index is 0.673. The van der Waals surface area contributed by atoms with Crippen LogP contribution < -0.4 is 5.32 Å². The lowest BCUT2D eigenvalue weighted by Crippen LogP contribution is -2.09. The largest absolute Gasteiger partial charge is 0.369 e. The molecule has 0 bridgehead atoms. The van der Waals surface area contributed by atoms with Crippen LogP contribution in [0, 0.1) is 0 Å². The zero-order valence-electron chi connectivity index (χ0n) is 9.63. The molecule has 0 aliphatic rings. The molecule has 2 nitrogen and oxygen atoms in total. The normalized spacial score (nSPS) is 12.1. The van der Waals surface area contributed by atoms with E-state index in [9.17, 15) is 5.11 Å². The zero-order chi connectivity index (χ0) is 12.1. The predicted molar refractivity (Wildman–Crippen MR) is 73.2 cm³/mol. The molecule has 3 heteroatoms. The monoisotopic (exact) mass is 245 g/mol. The fourth-order valence-electron chi connectivity index (χ4n) is 1.59. The van der Waals surface area contributed by atoms with Gasteiger partial charge in [-0.1, -0.05) is 36.4 Å². The SMILES string of the molecule is CSc1cccc(NC(O)c2ccccc2)c1. The lowest BCUT2D eigenvalue weighted by molar-refractivity contribution is 0.208. The van der Waals surface area contributed by atoms with Crippen LogP contribution >= 0.6 is 11.8 Å². The van der Waals surface area contributed by atoms with E-state index in [1.165, 1.54) is 4.90 Å². The van der Waals surface area contributed by atoms with Gasteiger partial charge >= 0.3 is 0 Å². The van der Waals surface area contributed by atoms with Gasteiger partial charge < -0.3 is 10.4 Å². The average Bonchev–Trinajstić information content (AvgIpc) is 2.40. The van der Waals surface area contributed by atoms with Crippen molar-refractivity contribution in [3.8, 4) is 0 Å². The van der Waals surface area contributed by atoms with Crippen molar-refractivity contribution in [1.82, 2.24) is 0 Å². The van der Waals surface area contributed by atoms with Crippen molar-refractivity contribution in [2.45, 2.75) is 11.1 Å². The summed E-state index contributed by atoms with van der Waals surface area (Å²) >= 11 is 1.68. The quantitative estimate of drug-likeness (QED) is 0.638. The Morgan fingerprint density at radius 2 is 1.82 bits per heavy atom. The van der Waals surface area contributed by atoms with E-state index in [0.29, 0.717) is 0 Å². The van der Waals surface area contributed by atoms with Crippen LogP contribution in [0.5, 0.6) is 0 Å². The van der Waals surface area contributed by atoms with E-state index in [1.807, 2.05) is 60.9 Å². The number of hydrogen-bond acceptors (Lipinski definition) is 3. The van der Waals surface area contributed by atoms with Crippen LogP contribution in [0.2, 0.25) is 0 Å². The van der Waals surface area contributed by atoms with Gasteiger partial charge in [-0.2, -0.15) is 0 Å². The van der Waals surface area contributed by atoms with E-state index in [1.54, 1.807) is 11.8 Å². The average molecular weight is 245 g/mol. The van der Waals surface area contributed by atoms with Crippen molar-refractivity contribution in [2.75, 3.05) is 11.6 Å². The summed E-state index contributed by atoms with van der Waals surface area (Å²) < 4.78 is 0.